The third-order valence-electron chi connectivity index (χ3n) is 3.36. The van der Waals surface area contributed by atoms with E-state index in [4.69, 9.17) is 16.3 Å². The molecule has 0 unspecified atom stereocenters. The molecule has 1 aromatic heterocycles. The van der Waals surface area contributed by atoms with Gasteiger partial charge in [-0.3, -0.25) is 9.59 Å². The molecule has 0 spiro atoms. The van der Waals surface area contributed by atoms with Crippen LogP contribution >= 0.6 is 22.9 Å². The van der Waals surface area contributed by atoms with Gasteiger partial charge in [0.25, 0.3) is 5.91 Å². The first-order valence-corrected chi connectivity index (χ1v) is 8.51. The number of hydrogen-bond acceptors (Lipinski definition) is 4. The summed E-state index contributed by atoms with van der Waals surface area (Å²) in [4.78, 5) is 25.0. The first-order valence-electron chi connectivity index (χ1n) is 7.25. The molecule has 0 aliphatic carbocycles. The van der Waals surface area contributed by atoms with Gasteiger partial charge < -0.3 is 10.1 Å². The highest BCUT2D eigenvalue weighted by Crippen LogP contribution is 2.23. The van der Waals surface area contributed by atoms with E-state index in [9.17, 15) is 9.59 Å². The fraction of sp³-hybridized carbons (Fsp3) is 0.294. The van der Waals surface area contributed by atoms with Crippen molar-refractivity contribution in [3.8, 4) is 0 Å². The number of benzene rings is 1. The topological polar surface area (TPSA) is 55.4 Å². The molecule has 0 saturated carbocycles. The fourth-order valence-corrected chi connectivity index (χ4v) is 2.85. The number of esters is 1. The van der Waals surface area contributed by atoms with E-state index < -0.39 is 6.10 Å². The number of ether oxygens (including phenoxy) is 1. The Morgan fingerprint density at radius 2 is 2.09 bits per heavy atom. The number of aryl methyl sites for hydroxylation is 1. The molecule has 1 aromatic carbocycles. The second kappa shape index (κ2) is 8.13. The third kappa shape index (κ3) is 5.08. The summed E-state index contributed by atoms with van der Waals surface area (Å²) in [6, 6.07) is 9.17. The molecule has 6 heteroatoms. The Bertz CT molecular complexity index is 685. The molecule has 0 radical (unpaired) electrons. The van der Waals surface area contributed by atoms with E-state index in [0.29, 0.717) is 17.1 Å². The summed E-state index contributed by atoms with van der Waals surface area (Å²) in [6.45, 7) is 3.37. The third-order valence-corrected chi connectivity index (χ3v) is 4.70. The molecule has 0 fully saturated rings. The van der Waals surface area contributed by atoms with Crippen LogP contribution in [0, 0.1) is 6.92 Å². The molecule has 1 heterocycles. The first-order chi connectivity index (χ1) is 11.0. The lowest BCUT2D eigenvalue weighted by Crippen LogP contribution is -2.30. The lowest BCUT2D eigenvalue weighted by molar-refractivity contribution is -0.153. The summed E-state index contributed by atoms with van der Waals surface area (Å²) in [5.74, 6) is -0.760. The highest BCUT2D eigenvalue weighted by molar-refractivity contribution is 7.09. The van der Waals surface area contributed by atoms with E-state index in [-0.39, 0.29) is 18.3 Å². The molecular formula is C17H18ClNO3S. The molecule has 1 atom stereocenters. The number of thiophene rings is 1. The maximum absolute atomic E-state index is 12.1. The number of rotatable bonds is 6. The van der Waals surface area contributed by atoms with Crippen LogP contribution < -0.4 is 5.32 Å². The Morgan fingerprint density at radius 1 is 1.30 bits per heavy atom. The van der Waals surface area contributed by atoms with Crippen LogP contribution in [0.2, 0.25) is 5.02 Å². The number of amides is 1. The zero-order valence-electron chi connectivity index (χ0n) is 13.0. The van der Waals surface area contributed by atoms with Crippen molar-refractivity contribution in [3.63, 3.8) is 0 Å². The van der Waals surface area contributed by atoms with Gasteiger partial charge in [-0.1, -0.05) is 23.7 Å². The minimum absolute atomic E-state index is 0.258. The zero-order valence-corrected chi connectivity index (χ0v) is 14.5. The van der Waals surface area contributed by atoms with Crippen LogP contribution in [0.1, 0.15) is 23.8 Å². The summed E-state index contributed by atoms with van der Waals surface area (Å²) in [5, 5.41) is 5.26. The van der Waals surface area contributed by atoms with Gasteiger partial charge in [0.15, 0.2) is 6.10 Å². The maximum Gasteiger partial charge on any atom is 0.306 e. The molecule has 1 amide bonds. The van der Waals surface area contributed by atoms with Gasteiger partial charge in [-0.15, -0.1) is 11.3 Å². The monoisotopic (exact) mass is 351 g/mol. The molecule has 0 aliphatic heterocycles. The number of anilines is 1. The Morgan fingerprint density at radius 3 is 2.78 bits per heavy atom. The number of nitrogens with one attached hydrogen (secondary N) is 1. The molecule has 0 aliphatic rings. The lowest BCUT2D eigenvalue weighted by atomic mass is 10.2. The average Bonchev–Trinajstić information content (AvgIpc) is 3.03. The predicted molar refractivity (Wildman–Crippen MR) is 93.0 cm³/mol. The van der Waals surface area contributed by atoms with Gasteiger partial charge in [0.2, 0.25) is 0 Å². The molecule has 0 saturated heterocycles. The molecule has 23 heavy (non-hydrogen) atoms. The van der Waals surface area contributed by atoms with Crippen molar-refractivity contribution in [2.24, 2.45) is 0 Å². The van der Waals surface area contributed by atoms with Gasteiger partial charge in [0, 0.05) is 15.6 Å². The van der Waals surface area contributed by atoms with Crippen molar-refractivity contribution in [3.05, 3.63) is 51.2 Å². The molecule has 2 aromatic rings. The number of carbonyl (C=O) groups excluding carboxylic acids is 2. The van der Waals surface area contributed by atoms with Crippen molar-refractivity contribution < 1.29 is 14.3 Å². The zero-order chi connectivity index (χ0) is 16.8. The fourth-order valence-electron chi connectivity index (χ4n) is 1.97. The van der Waals surface area contributed by atoms with Crippen molar-refractivity contribution in [2.75, 3.05) is 5.32 Å². The van der Waals surface area contributed by atoms with E-state index in [1.54, 1.807) is 36.5 Å². The van der Waals surface area contributed by atoms with Gasteiger partial charge in [-0.2, -0.15) is 0 Å². The van der Waals surface area contributed by atoms with E-state index >= 15 is 0 Å². The summed E-state index contributed by atoms with van der Waals surface area (Å²) in [7, 11) is 0. The smallest absolute Gasteiger partial charge is 0.306 e. The highest BCUT2D eigenvalue weighted by Gasteiger charge is 2.18. The minimum atomic E-state index is -0.857. The maximum atomic E-state index is 12.1. The van der Waals surface area contributed by atoms with Gasteiger partial charge in [0.05, 0.1) is 6.42 Å². The van der Waals surface area contributed by atoms with E-state index in [2.05, 4.69) is 5.32 Å². The summed E-state index contributed by atoms with van der Waals surface area (Å²) >= 11 is 7.61. The quantitative estimate of drug-likeness (QED) is 0.793. The molecule has 0 bridgehead atoms. The second-order valence-electron chi connectivity index (χ2n) is 5.11. The van der Waals surface area contributed by atoms with Crippen LogP contribution in [0.15, 0.2) is 35.7 Å². The molecule has 122 valence electrons. The van der Waals surface area contributed by atoms with E-state index in [0.717, 1.165) is 10.4 Å². The van der Waals surface area contributed by atoms with Crippen LogP contribution in [0.25, 0.3) is 0 Å². The van der Waals surface area contributed by atoms with E-state index in [1.807, 2.05) is 24.4 Å². The van der Waals surface area contributed by atoms with Crippen LogP contribution in [0.5, 0.6) is 0 Å². The number of halogens is 1. The van der Waals surface area contributed by atoms with Crippen LogP contribution in [0.4, 0.5) is 5.69 Å². The largest absolute Gasteiger partial charge is 0.453 e. The van der Waals surface area contributed by atoms with Gasteiger partial charge in [0.1, 0.15) is 0 Å². The second-order valence-corrected chi connectivity index (χ2v) is 6.55. The van der Waals surface area contributed by atoms with Gasteiger partial charge in [-0.05, 0) is 49.4 Å². The Hall–Kier alpha value is -1.85. The van der Waals surface area contributed by atoms with Crippen molar-refractivity contribution in [1.82, 2.24) is 0 Å². The molecule has 4 nitrogen and oxygen atoms in total. The van der Waals surface area contributed by atoms with Crippen LogP contribution in [-0.2, 0) is 20.7 Å². The van der Waals surface area contributed by atoms with Crippen LogP contribution in [-0.4, -0.2) is 18.0 Å². The Kier molecular flexibility index (Phi) is 6.19. The predicted octanol–water partition coefficient (Wildman–Crippen LogP) is 4.21. The van der Waals surface area contributed by atoms with Crippen LogP contribution in [0.3, 0.4) is 0 Å². The summed E-state index contributed by atoms with van der Waals surface area (Å²) < 4.78 is 5.17. The molecular weight excluding hydrogens is 334 g/mol. The highest BCUT2D eigenvalue weighted by atomic mass is 35.5. The first kappa shape index (κ1) is 17.5. The van der Waals surface area contributed by atoms with Crippen molar-refractivity contribution in [2.45, 2.75) is 32.8 Å². The number of hydrogen-bond donors (Lipinski definition) is 1. The number of carbonyl (C=O) groups is 2. The Labute approximate surface area is 144 Å². The van der Waals surface area contributed by atoms with Gasteiger partial charge >= 0.3 is 5.97 Å². The molecule has 2 rings (SSSR count). The Balaban J connectivity index is 1.84. The van der Waals surface area contributed by atoms with E-state index in [1.165, 1.54) is 0 Å². The lowest BCUT2D eigenvalue weighted by Gasteiger charge is -2.15. The SMILES string of the molecule is Cc1c(Cl)cccc1NC(=O)[C@H](C)OC(=O)CCc1cccs1. The standard InChI is InChI=1S/C17H18ClNO3S/c1-11-14(18)6-3-7-15(11)19-17(21)12(2)22-16(20)9-8-13-5-4-10-23-13/h3-7,10,12H,8-9H2,1-2H3,(H,19,21)/t12-/m0/s1. The molecule has 1 N–H and O–H groups in total. The summed E-state index contributed by atoms with van der Waals surface area (Å²) in [5.41, 5.74) is 1.39. The van der Waals surface area contributed by atoms with Crippen molar-refractivity contribution >= 4 is 40.5 Å². The summed E-state index contributed by atoms with van der Waals surface area (Å²) in [6.07, 6.45) is 0.0243. The van der Waals surface area contributed by atoms with Crippen molar-refractivity contribution in [1.29, 1.82) is 0 Å². The van der Waals surface area contributed by atoms with Gasteiger partial charge in [-0.25, -0.2) is 0 Å². The average molecular weight is 352 g/mol. The minimum Gasteiger partial charge on any atom is -0.453 e. The normalized spacial score (nSPS) is 11.8.